The van der Waals surface area contributed by atoms with Gasteiger partial charge in [0.2, 0.25) is 5.90 Å². The summed E-state index contributed by atoms with van der Waals surface area (Å²) in [5, 5.41) is 19.2. The number of hydrogen-bond acceptors (Lipinski definition) is 7. The minimum Gasteiger partial charge on any atom is -0.463 e. The fourth-order valence-corrected chi connectivity index (χ4v) is 4.48. The Kier molecular flexibility index (Phi) is 5.90. The largest absolute Gasteiger partial charge is 0.463 e. The number of ether oxygens (including phenoxy) is 2. The topological polar surface area (TPSA) is 99.3 Å². The number of pyridine rings is 1. The molecule has 0 radical (unpaired) electrons. The molecule has 1 saturated heterocycles. The number of nitrogens with zero attached hydrogens (tertiary/aromatic N) is 3. The van der Waals surface area contributed by atoms with Crippen molar-refractivity contribution < 1.29 is 14.3 Å². The number of carbonyl (C=O) groups is 1. The Morgan fingerprint density at radius 1 is 1.32 bits per heavy atom. The Morgan fingerprint density at radius 3 is 2.77 bits per heavy atom. The van der Waals surface area contributed by atoms with Crippen LogP contribution in [-0.2, 0) is 14.3 Å². The van der Waals surface area contributed by atoms with Crippen LogP contribution in [0.2, 0.25) is 0 Å². The minimum atomic E-state index is -0.936. The number of nitriles is 1. The number of piperidine rings is 1. The lowest BCUT2D eigenvalue weighted by atomic mass is 9.78. The van der Waals surface area contributed by atoms with Crippen molar-refractivity contribution in [2.45, 2.75) is 39.0 Å². The van der Waals surface area contributed by atoms with Gasteiger partial charge in [-0.25, -0.2) is 9.78 Å². The van der Waals surface area contributed by atoms with Crippen molar-refractivity contribution in [2.24, 2.45) is 5.92 Å². The van der Waals surface area contributed by atoms with E-state index in [0.717, 1.165) is 48.2 Å². The number of benzene rings is 1. The van der Waals surface area contributed by atoms with Gasteiger partial charge in [-0.1, -0.05) is 18.2 Å². The molecule has 2 unspecified atom stereocenters. The fraction of sp³-hybridized carbons (Fsp3) is 0.417. The first-order valence-electron chi connectivity index (χ1n) is 10.7. The van der Waals surface area contributed by atoms with E-state index in [-0.39, 0.29) is 12.5 Å². The zero-order chi connectivity index (χ0) is 22.0. The smallest absolute Gasteiger partial charge is 0.338 e. The maximum absolute atomic E-state index is 12.9. The van der Waals surface area contributed by atoms with E-state index in [9.17, 15) is 10.1 Å². The molecule has 3 heterocycles. The lowest BCUT2D eigenvalue weighted by Crippen LogP contribution is -2.36. The minimum absolute atomic E-state index is 0.157. The highest BCUT2D eigenvalue weighted by atomic mass is 16.5. The summed E-state index contributed by atoms with van der Waals surface area (Å²) in [6, 6.07) is 12.0. The van der Waals surface area contributed by atoms with E-state index in [4.69, 9.17) is 19.9 Å². The van der Waals surface area contributed by atoms with Gasteiger partial charge in [0, 0.05) is 30.0 Å². The van der Waals surface area contributed by atoms with E-state index in [2.05, 4.69) is 11.0 Å². The summed E-state index contributed by atoms with van der Waals surface area (Å²) in [6.45, 7) is 5.34. The van der Waals surface area contributed by atoms with E-state index in [1.54, 1.807) is 13.8 Å². The highest BCUT2D eigenvalue weighted by Crippen LogP contribution is 2.44. The molecule has 7 heteroatoms. The van der Waals surface area contributed by atoms with Crippen LogP contribution in [0.25, 0.3) is 10.9 Å². The lowest BCUT2D eigenvalue weighted by molar-refractivity contribution is -0.139. The van der Waals surface area contributed by atoms with Crippen LogP contribution in [0.1, 0.15) is 44.6 Å². The van der Waals surface area contributed by atoms with Crippen molar-refractivity contribution >= 4 is 28.6 Å². The van der Waals surface area contributed by atoms with Crippen LogP contribution in [0.5, 0.6) is 0 Å². The fourth-order valence-electron chi connectivity index (χ4n) is 4.48. The van der Waals surface area contributed by atoms with Gasteiger partial charge in [-0.3, -0.25) is 5.41 Å². The summed E-state index contributed by atoms with van der Waals surface area (Å²) in [7, 11) is 0. The standard InChI is InChI=1S/C24H26N4O3/c1-3-30-24(29)20-15(2)31-22(26)18(14-25)21(20)17-13-16-9-5-6-10-19(16)27-23(17)28-11-7-4-8-12-28/h5-6,9-10,13,18,21,26H,3-4,7-8,11-12H2,1-2H3. The number of allylic oxidation sites excluding steroid dienone is 1. The predicted molar refractivity (Wildman–Crippen MR) is 118 cm³/mol. The molecule has 2 aliphatic heterocycles. The first-order valence-corrected chi connectivity index (χ1v) is 10.7. The summed E-state index contributed by atoms with van der Waals surface area (Å²) in [5.41, 5.74) is 1.92. The Bertz CT molecular complexity index is 1100. The highest BCUT2D eigenvalue weighted by Gasteiger charge is 2.43. The SMILES string of the molecule is CCOC(=O)C1=C(C)OC(=N)C(C#N)C1c1cc2ccccc2nc1N1CCCCC1. The van der Waals surface area contributed by atoms with Gasteiger partial charge in [0.15, 0.2) is 0 Å². The van der Waals surface area contributed by atoms with Gasteiger partial charge in [0.05, 0.1) is 23.8 Å². The molecule has 31 heavy (non-hydrogen) atoms. The Labute approximate surface area is 181 Å². The number of nitrogens with one attached hydrogen (secondary N) is 1. The number of para-hydroxylation sites is 1. The van der Waals surface area contributed by atoms with Gasteiger partial charge in [0.25, 0.3) is 0 Å². The third-order valence-electron chi connectivity index (χ3n) is 5.93. The van der Waals surface area contributed by atoms with Crippen molar-refractivity contribution in [3.63, 3.8) is 0 Å². The monoisotopic (exact) mass is 418 g/mol. The highest BCUT2D eigenvalue weighted by molar-refractivity contribution is 5.97. The number of esters is 1. The van der Waals surface area contributed by atoms with Gasteiger partial charge in [-0.2, -0.15) is 5.26 Å². The van der Waals surface area contributed by atoms with Crippen LogP contribution in [-0.4, -0.2) is 36.5 Å². The first-order chi connectivity index (χ1) is 15.0. The quantitative estimate of drug-likeness (QED) is 0.744. The van der Waals surface area contributed by atoms with Gasteiger partial charge >= 0.3 is 5.97 Å². The zero-order valence-electron chi connectivity index (χ0n) is 17.9. The molecular weight excluding hydrogens is 392 g/mol. The second kappa shape index (κ2) is 8.76. The van der Waals surface area contributed by atoms with Crippen molar-refractivity contribution in [1.29, 1.82) is 10.7 Å². The number of carbonyl (C=O) groups excluding carboxylic acids is 1. The van der Waals surface area contributed by atoms with Gasteiger partial charge in [-0.15, -0.1) is 0 Å². The molecule has 0 aliphatic carbocycles. The van der Waals surface area contributed by atoms with Crippen molar-refractivity contribution in [3.8, 4) is 6.07 Å². The number of aromatic nitrogens is 1. The van der Waals surface area contributed by atoms with Gasteiger partial charge < -0.3 is 14.4 Å². The van der Waals surface area contributed by atoms with Crippen LogP contribution in [0, 0.1) is 22.7 Å². The summed E-state index contributed by atoms with van der Waals surface area (Å²) in [5.74, 6) is -1.22. The first kappa shape index (κ1) is 20.9. The van der Waals surface area contributed by atoms with Crippen molar-refractivity contribution in [3.05, 3.63) is 47.2 Å². The second-order valence-electron chi connectivity index (χ2n) is 7.88. The summed E-state index contributed by atoms with van der Waals surface area (Å²) >= 11 is 0. The molecule has 2 aromatic rings. The van der Waals surface area contributed by atoms with Crippen LogP contribution < -0.4 is 4.90 Å². The Balaban J connectivity index is 1.96. The molecule has 0 amide bonds. The number of fused-ring (bicyclic) bond motifs is 1. The van der Waals surface area contributed by atoms with Gasteiger partial charge in [-0.05, 0) is 45.2 Å². The maximum Gasteiger partial charge on any atom is 0.338 e. The molecule has 7 nitrogen and oxygen atoms in total. The molecule has 1 N–H and O–H groups in total. The van der Waals surface area contributed by atoms with Crippen LogP contribution in [0.3, 0.4) is 0 Å². The molecule has 2 aliphatic rings. The lowest BCUT2D eigenvalue weighted by Gasteiger charge is -2.35. The molecule has 0 spiro atoms. The van der Waals surface area contributed by atoms with Gasteiger partial charge in [0.1, 0.15) is 17.5 Å². The van der Waals surface area contributed by atoms with Crippen LogP contribution in [0.4, 0.5) is 5.82 Å². The van der Waals surface area contributed by atoms with E-state index in [1.807, 2.05) is 30.3 Å². The molecule has 0 saturated carbocycles. The average molecular weight is 418 g/mol. The Morgan fingerprint density at radius 2 is 2.06 bits per heavy atom. The molecule has 4 rings (SSSR count). The molecular formula is C24H26N4O3. The molecule has 0 bridgehead atoms. The molecule has 1 aromatic heterocycles. The second-order valence-corrected chi connectivity index (χ2v) is 7.88. The van der Waals surface area contributed by atoms with E-state index in [1.165, 1.54) is 6.42 Å². The zero-order valence-corrected chi connectivity index (χ0v) is 17.9. The predicted octanol–water partition coefficient (Wildman–Crippen LogP) is 4.29. The number of anilines is 1. The third kappa shape index (κ3) is 3.86. The number of rotatable bonds is 4. The van der Waals surface area contributed by atoms with Crippen molar-refractivity contribution in [1.82, 2.24) is 4.98 Å². The molecule has 160 valence electrons. The average Bonchev–Trinajstić information content (AvgIpc) is 2.78. The van der Waals surface area contributed by atoms with E-state index < -0.39 is 17.8 Å². The molecule has 2 atom stereocenters. The molecule has 1 aromatic carbocycles. The maximum atomic E-state index is 12.9. The number of hydrogen-bond donors (Lipinski definition) is 1. The van der Waals surface area contributed by atoms with E-state index >= 15 is 0 Å². The Hall–Kier alpha value is -3.40. The third-order valence-corrected chi connectivity index (χ3v) is 5.93. The molecule has 1 fully saturated rings. The summed E-state index contributed by atoms with van der Waals surface area (Å²) in [4.78, 5) is 20.1. The summed E-state index contributed by atoms with van der Waals surface area (Å²) < 4.78 is 10.8. The normalized spacial score (nSPS) is 21.6. The summed E-state index contributed by atoms with van der Waals surface area (Å²) in [6.07, 6.45) is 3.31. The van der Waals surface area contributed by atoms with Crippen LogP contribution >= 0.6 is 0 Å². The van der Waals surface area contributed by atoms with E-state index in [0.29, 0.717) is 11.3 Å². The van der Waals surface area contributed by atoms with Crippen LogP contribution in [0.15, 0.2) is 41.7 Å². The van der Waals surface area contributed by atoms with Crippen molar-refractivity contribution in [2.75, 3.05) is 24.6 Å².